The van der Waals surface area contributed by atoms with E-state index in [4.69, 9.17) is 28.3 Å². The van der Waals surface area contributed by atoms with Gasteiger partial charge < -0.3 is 0 Å². The van der Waals surface area contributed by atoms with Crippen molar-refractivity contribution in [3.63, 3.8) is 0 Å². The third kappa shape index (κ3) is 3.46. The Morgan fingerprint density at radius 2 is 1.38 bits per heavy atom. The maximum atomic E-state index is 13.3. The monoisotopic (exact) mass is 384 g/mol. The highest BCUT2D eigenvalue weighted by atomic mass is 35.5. The van der Waals surface area contributed by atoms with Crippen LogP contribution in [0.15, 0.2) is 77.9 Å². The Balaban J connectivity index is 1.74. The van der Waals surface area contributed by atoms with Crippen LogP contribution in [0, 0.1) is 5.82 Å². The zero-order chi connectivity index (χ0) is 18.1. The summed E-state index contributed by atoms with van der Waals surface area (Å²) in [5, 5.41) is 8.18. The highest BCUT2D eigenvalue weighted by Crippen LogP contribution is 2.37. The third-order valence-corrected chi connectivity index (χ3v) is 4.94. The Kier molecular flexibility index (Phi) is 4.66. The normalized spacial score (nSPS) is 16.7. The molecule has 5 heteroatoms. The molecular formula is C21H15Cl2FN2. The largest absolute Gasteiger partial charge is 0.257 e. The Morgan fingerprint density at radius 1 is 0.808 bits per heavy atom. The zero-order valence-electron chi connectivity index (χ0n) is 13.7. The fourth-order valence-corrected chi connectivity index (χ4v) is 3.36. The quantitative estimate of drug-likeness (QED) is 0.503. The number of halogens is 3. The Hall–Kier alpha value is -2.36. The molecule has 0 saturated heterocycles. The number of hydrogen-bond donors (Lipinski definition) is 0. The van der Waals surface area contributed by atoms with Crippen molar-refractivity contribution >= 4 is 34.6 Å². The smallest absolute Gasteiger partial charge is 0.123 e. The highest BCUT2D eigenvalue weighted by Gasteiger charge is 2.29. The van der Waals surface area contributed by atoms with Crippen molar-refractivity contribution in [2.24, 2.45) is 5.10 Å². The highest BCUT2D eigenvalue weighted by molar-refractivity contribution is 6.30. The summed E-state index contributed by atoms with van der Waals surface area (Å²) in [6, 6.07) is 21.9. The minimum atomic E-state index is -0.254. The summed E-state index contributed by atoms with van der Waals surface area (Å²) in [7, 11) is 0. The predicted octanol–water partition coefficient (Wildman–Crippen LogP) is 6.49. The first-order valence-electron chi connectivity index (χ1n) is 8.24. The number of nitrogens with zero attached hydrogens (tertiary/aromatic N) is 2. The minimum absolute atomic E-state index is 0.0356. The van der Waals surface area contributed by atoms with Crippen LogP contribution in [-0.2, 0) is 0 Å². The summed E-state index contributed by atoms with van der Waals surface area (Å²) >= 11 is 12.1. The molecule has 0 radical (unpaired) electrons. The molecule has 3 aromatic rings. The van der Waals surface area contributed by atoms with E-state index >= 15 is 0 Å². The van der Waals surface area contributed by atoms with Crippen LogP contribution in [0.25, 0.3) is 0 Å². The maximum Gasteiger partial charge on any atom is 0.123 e. The van der Waals surface area contributed by atoms with E-state index in [0.29, 0.717) is 10.0 Å². The van der Waals surface area contributed by atoms with E-state index in [1.807, 2.05) is 53.5 Å². The first kappa shape index (κ1) is 17.1. The van der Waals surface area contributed by atoms with Crippen LogP contribution in [-0.4, -0.2) is 5.71 Å². The summed E-state index contributed by atoms with van der Waals surface area (Å²) in [4.78, 5) is 0. The molecule has 3 aromatic carbocycles. The van der Waals surface area contributed by atoms with Crippen LogP contribution in [0.3, 0.4) is 0 Å². The SMILES string of the molecule is Fc1ccc(C2=NN(c3ccc(Cl)cc3)[C@@H](c3ccc(Cl)cc3)C2)cc1. The van der Waals surface area contributed by atoms with E-state index in [9.17, 15) is 4.39 Å². The van der Waals surface area contributed by atoms with Crippen molar-refractivity contribution in [3.8, 4) is 0 Å². The molecule has 0 bridgehead atoms. The van der Waals surface area contributed by atoms with Gasteiger partial charge in [-0.3, -0.25) is 5.01 Å². The average Bonchev–Trinajstić information content (AvgIpc) is 3.09. The number of hydrogen-bond acceptors (Lipinski definition) is 2. The molecule has 0 unspecified atom stereocenters. The molecule has 130 valence electrons. The van der Waals surface area contributed by atoms with E-state index in [2.05, 4.69) is 0 Å². The molecule has 1 heterocycles. The molecule has 1 atom stereocenters. The molecule has 26 heavy (non-hydrogen) atoms. The molecule has 1 aliphatic heterocycles. The first-order chi connectivity index (χ1) is 12.6. The maximum absolute atomic E-state index is 13.3. The topological polar surface area (TPSA) is 15.6 Å². The van der Waals surface area contributed by atoms with Gasteiger partial charge in [-0.2, -0.15) is 5.10 Å². The van der Waals surface area contributed by atoms with Gasteiger partial charge in [0.05, 0.1) is 17.4 Å². The second kappa shape index (κ2) is 7.10. The summed E-state index contributed by atoms with van der Waals surface area (Å²) in [6.45, 7) is 0. The van der Waals surface area contributed by atoms with Gasteiger partial charge in [-0.15, -0.1) is 0 Å². The molecule has 2 nitrogen and oxygen atoms in total. The third-order valence-electron chi connectivity index (χ3n) is 4.43. The van der Waals surface area contributed by atoms with Gasteiger partial charge in [-0.25, -0.2) is 4.39 Å². The average molecular weight is 385 g/mol. The summed E-state index contributed by atoms with van der Waals surface area (Å²) < 4.78 is 13.3. The summed E-state index contributed by atoms with van der Waals surface area (Å²) in [5.74, 6) is -0.254. The summed E-state index contributed by atoms with van der Waals surface area (Å²) in [6.07, 6.45) is 0.718. The lowest BCUT2D eigenvalue weighted by molar-refractivity contribution is 0.627. The molecule has 0 aromatic heterocycles. The fraction of sp³-hybridized carbons (Fsp3) is 0.0952. The standard InChI is InChI=1S/C21H15Cl2FN2/c22-16-5-1-15(2-6-16)21-13-20(14-3-9-18(24)10-4-14)25-26(21)19-11-7-17(23)8-12-19/h1-12,21H,13H2/t21-/m1/s1. The number of anilines is 1. The van der Waals surface area contributed by atoms with Gasteiger partial charge in [0.25, 0.3) is 0 Å². The van der Waals surface area contributed by atoms with Crippen LogP contribution >= 0.6 is 23.2 Å². The lowest BCUT2D eigenvalue weighted by Gasteiger charge is -2.24. The predicted molar refractivity (Wildman–Crippen MR) is 106 cm³/mol. The van der Waals surface area contributed by atoms with Crippen LogP contribution in [0.5, 0.6) is 0 Å². The van der Waals surface area contributed by atoms with Gasteiger partial charge >= 0.3 is 0 Å². The van der Waals surface area contributed by atoms with Gasteiger partial charge in [-0.1, -0.05) is 47.5 Å². The molecule has 0 amide bonds. The van der Waals surface area contributed by atoms with Crippen molar-refractivity contribution in [2.75, 3.05) is 5.01 Å². The second-order valence-electron chi connectivity index (χ2n) is 6.15. The molecule has 0 N–H and O–H groups in total. The van der Waals surface area contributed by atoms with Gasteiger partial charge in [0, 0.05) is 16.5 Å². The van der Waals surface area contributed by atoms with Crippen molar-refractivity contribution in [1.29, 1.82) is 0 Å². The van der Waals surface area contributed by atoms with Gasteiger partial charge in [0.1, 0.15) is 5.82 Å². The van der Waals surface area contributed by atoms with Crippen molar-refractivity contribution < 1.29 is 4.39 Å². The van der Waals surface area contributed by atoms with E-state index in [1.54, 1.807) is 12.1 Å². The van der Waals surface area contributed by atoms with Crippen LogP contribution < -0.4 is 5.01 Å². The lowest BCUT2D eigenvalue weighted by atomic mass is 9.98. The van der Waals surface area contributed by atoms with E-state index < -0.39 is 0 Å². The zero-order valence-corrected chi connectivity index (χ0v) is 15.3. The first-order valence-corrected chi connectivity index (χ1v) is 8.99. The van der Waals surface area contributed by atoms with Crippen LogP contribution in [0.4, 0.5) is 10.1 Å². The molecule has 1 aliphatic rings. The minimum Gasteiger partial charge on any atom is -0.257 e. The van der Waals surface area contributed by atoms with E-state index in [0.717, 1.165) is 28.9 Å². The molecule has 0 saturated carbocycles. The fourth-order valence-electron chi connectivity index (χ4n) is 3.10. The van der Waals surface area contributed by atoms with Crippen LogP contribution in [0.1, 0.15) is 23.6 Å². The summed E-state index contributed by atoms with van der Waals surface area (Å²) in [5.41, 5.74) is 3.90. The lowest BCUT2D eigenvalue weighted by Crippen LogP contribution is -2.18. The van der Waals surface area contributed by atoms with Gasteiger partial charge in [0.15, 0.2) is 0 Å². The molecule has 4 rings (SSSR count). The van der Waals surface area contributed by atoms with Gasteiger partial charge in [-0.05, 0) is 59.7 Å². The van der Waals surface area contributed by atoms with Crippen molar-refractivity contribution in [1.82, 2.24) is 0 Å². The van der Waals surface area contributed by atoms with Gasteiger partial charge in [0.2, 0.25) is 0 Å². The molecule has 0 fully saturated rings. The van der Waals surface area contributed by atoms with Crippen molar-refractivity contribution in [3.05, 3.63) is 99.8 Å². The van der Waals surface area contributed by atoms with Crippen molar-refractivity contribution in [2.45, 2.75) is 12.5 Å². The molecule has 0 spiro atoms. The van der Waals surface area contributed by atoms with E-state index in [1.165, 1.54) is 12.1 Å². The second-order valence-corrected chi connectivity index (χ2v) is 7.02. The molecule has 0 aliphatic carbocycles. The number of benzene rings is 3. The Bertz CT molecular complexity index is 935. The Morgan fingerprint density at radius 3 is 2.00 bits per heavy atom. The Labute approximate surface area is 161 Å². The number of rotatable bonds is 3. The van der Waals surface area contributed by atoms with E-state index in [-0.39, 0.29) is 11.9 Å². The van der Waals surface area contributed by atoms with Crippen LogP contribution in [0.2, 0.25) is 10.0 Å². The molecular weight excluding hydrogens is 370 g/mol. The number of hydrazone groups is 1.